The van der Waals surface area contributed by atoms with Gasteiger partial charge in [-0.1, -0.05) is 30.3 Å². The van der Waals surface area contributed by atoms with Crippen molar-refractivity contribution >= 4 is 23.6 Å². The van der Waals surface area contributed by atoms with Crippen LogP contribution in [0.4, 0.5) is 5.69 Å². The van der Waals surface area contributed by atoms with Crippen LogP contribution in [0.3, 0.4) is 0 Å². The van der Waals surface area contributed by atoms with E-state index in [9.17, 15) is 9.59 Å². The zero-order valence-corrected chi connectivity index (χ0v) is 11.6. The van der Waals surface area contributed by atoms with Crippen LogP contribution in [-0.4, -0.2) is 11.8 Å². The minimum atomic E-state index is -0.616. The number of nitrogens with one attached hydrogen (secondary N) is 1. The fraction of sp³-hybridized carbons (Fsp3) is 0. The molecule has 0 radical (unpaired) electrons. The Balaban J connectivity index is 2.16. The van der Waals surface area contributed by atoms with Gasteiger partial charge in [0.05, 0.1) is 22.9 Å². The fourth-order valence-electron chi connectivity index (χ4n) is 1.89. The van der Waals surface area contributed by atoms with E-state index >= 15 is 0 Å². The number of nitrogens with zero attached hydrogens (tertiary/aromatic N) is 1. The highest BCUT2D eigenvalue weighted by Crippen LogP contribution is 2.14. The minimum Gasteiger partial charge on any atom is -0.366 e. The van der Waals surface area contributed by atoms with Gasteiger partial charge in [0.15, 0.2) is 0 Å². The summed E-state index contributed by atoms with van der Waals surface area (Å²) < 4.78 is 0. The first-order chi connectivity index (χ1) is 10.6. The molecule has 2 rings (SSSR count). The molecule has 0 unspecified atom stereocenters. The molecule has 0 aliphatic heterocycles. The SMILES string of the molecule is N#Cc1ccccc1/C=C/C(=O)Nc1ccccc1C(N)=O. The Morgan fingerprint density at radius 3 is 2.50 bits per heavy atom. The fourth-order valence-corrected chi connectivity index (χ4v) is 1.89. The topological polar surface area (TPSA) is 96.0 Å². The zero-order chi connectivity index (χ0) is 15.9. The number of anilines is 1. The number of hydrogen-bond donors (Lipinski definition) is 2. The summed E-state index contributed by atoms with van der Waals surface area (Å²) >= 11 is 0. The van der Waals surface area contributed by atoms with Crippen molar-refractivity contribution in [3.05, 3.63) is 71.3 Å². The lowest BCUT2D eigenvalue weighted by Gasteiger charge is -2.06. The molecule has 2 amide bonds. The standard InChI is InChI=1S/C17H13N3O2/c18-11-13-6-2-1-5-12(13)9-10-16(21)20-15-8-4-3-7-14(15)17(19)22/h1-10H,(H2,19,22)(H,20,21)/b10-9+. The third-order valence-electron chi connectivity index (χ3n) is 2.95. The molecule has 108 valence electrons. The van der Waals surface area contributed by atoms with Gasteiger partial charge in [0.1, 0.15) is 0 Å². The van der Waals surface area contributed by atoms with Crippen molar-refractivity contribution in [1.82, 2.24) is 0 Å². The Kier molecular flexibility index (Phi) is 4.68. The molecule has 0 spiro atoms. The van der Waals surface area contributed by atoms with Gasteiger partial charge in [-0.05, 0) is 29.8 Å². The average molecular weight is 291 g/mol. The maximum atomic E-state index is 11.9. The number of primary amides is 1. The number of rotatable bonds is 4. The molecule has 5 heteroatoms. The lowest BCUT2D eigenvalue weighted by atomic mass is 10.1. The molecule has 3 N–H and O–H groups in total. The molecule has 0 aromatic heterocycles. The van der Waals surface area contributed by atoms with E-state index in [1.807, 2.05) is 6.07 Å². The molecule has 0 aliphatic carbocycles. The summed E-state index contributed by atoms with van der Waals surface area (Å²) in [5.41, 5.74) is 6.95. The number of hydrogen-bond acceptors (Lipinski definition) is 3. The molecule has 2 aromatic rings. The van der Waals surface area contributed by atoms with Gasteiger partial charge in [-0.25, -0.2) is 0 Å². The second kappa shape index (κ2) is 6.86. The highest BCUT2D eigenvalue weighted by molar-refractivity contribution is 6.07. The van der Waals surface area contributed by atoms with Crippen molar-refractivity contribution in [2.24, 2.45) is 5.73 Å². The molecule has 22 heavy (non-hydrogen) atoms. The molecule has 0 saturated carbocycles. The molecule has 5 nitrogen and oxygen atoms in total. The van der Waals surface area contributed by atoms with E-state index in [1.165, 1.54) is 12.1 Å². The zero-order valence-electron chi connectivity index (χ0n) is 11.6. The van der Waals surface area contributed by atoms with Crippen molar-refractivity contribution in [2.45, 2.75) is 0 Å². The van der Waals surface area contributed by atoms with Crippen molar-refractivity contribution in [3.63, 3.8) is 0 Å². The summed E-state index contributed by atoms with van der Waals surface area (Å²) in [6.07, 6.45) is 2.84. The highest BCUT2D eigenvalue weighted by Gasteiger charge is 2.08. The molecule has 0 heterocycles. The van der Waals surface area contributed by atoms with E-state index < -0.39 is 11.8 Å². The van der Waals surface area contributed by atoms with E-state index in [4.69, 9.17) is 11.0 Å². The van der Waals surface area contributed by atoms with E-state index in [0.29, 0.717) is 16.8 Å². The molecule has 0 fully saturated rings. The number of amides is 2. The van der Waals surface area contributed by atoms with Crippen LogP contribution in [0.1, 0.15) is 21.5 Å². The Labute approximate surface area is 127 Å². The van der Waals surface area contributed by atoms with Crippen LogP contribution < -0.4 is 11.1 Å². The van der Waals surface area contributed by atoms with Gasteiger partial charge in [-0.2, -0.15) is 5.26 Å². The van der Waals surface area contributed by atoms with Gasteiger partial charge in [0.25, 0.3) is 5.91 Å². The van der Waals surface area contributed by atoms with Crippen LogP contribution >= 0.6 is 0 Å². The molecular weight excluding hydrogens is 278 g/mol. The van der Waals surface area contributed by atoms with E-state index in [1.54, 1.807) is 48.5 Å². The summed E-state index contributed by atoms with van der Waals surface area (Å²) in [6, 6.07) is 15.5. The molecule has 0 atom stereocenters. The highest BCUT2D eigenvalue weighted by atomic mass is 16.2. The third kappa shape index (κ3) is 3.58. The lowest BCUT2D eigenvalue weighted by Crippen LogP contribution is -2.16. The number of carbonyl (C=O) groups excluding carboxylic acids is 2. The third-order valence-corrected chi connectivity index (χ3v) is 2.95. The summed E-state index contributed by atoms with van der Waals surface area (Å²) in [6.45, 7) is 0. The second-order valence-corrected chi connectivity index (χ2v) is 4.43. The van der Waals surface area contributed by atoms with Gasteiger partial charge in [-0.3, -0.25) is 9.59 Å². The first kappa shape index (κ1) is 15.0. The Hall–Kier alpha value is -3.39. The molecular formula is C17H13N3O2. The predicted octanol–water partition coefficient (Wildman–Crippen LogP) is 2.31. The maximum Gasteiger partial charge on any atom is 0.250 e. The van der Waals surface area contributed by atoms with Gasteiger partial charge in [0.2, 0.25) is 5.91 Å². The van der Waals surface area contributed by atoms with Crippen molar-refractivity contribution in [3.8, 4) is 6.07 Å². The van der Waals surface area contributed by atoms with E-state index in [2.05, 4.69) is 5.32 Å². The summed E-state index contributed by atoms with van der Waals surface area (Å²) in [7, 11) is 0. The quantitative estimate of drug-likeness (QED) is 0.846. The van der Waals surface area contributed by atoms with Gasteiger partial charge in [-0.15, -0.1) is 0 Å². The first-order valence-electron chi connectivity index (χ1n) is 6.49. The van der Waals surface area contributed by atoms with E-state index in [0.717, 1.165) is 0 Å². The number of benzene rings is 2. The summed E-state index contributed by atoms with van der Waals surface area (Å²) in [5, 5.41) is 11.6. The van der Waals surface area contributed by atoms with Crippen molar-refractivity contribution in [1.29, 1.82) is 5.26 Å². The van der Waals surface area contributed by atoms with Crippen LogP contribution in [0.15, 0.2) is 54.6 Å². The van der Waals surface area contributed by atoms with Gasteiger partial charge in [0, 0.05) is 6.08 Å². The first-order valence-corrected chi connectivity index (χ1v) is 6.49. The largest absolute Gasteiger partial charge is 0.366 e. The summed E-state index contributed by atoms with van der Waals surface area (Å²) in [4.78, 5) is 23.2. The van der Waals surface area contributed by atoms with Crippen LogP contribution in [0, 0.1) is 11.3 Å². The Morgan fingerprint density at radius 2 is 1.77 bits per heavy atom. The number of para-hydroxylation sites is 1. The minimum absolute atomic E-state index is 0.238. The summed E-state index contributed by atoms with van der Waals surface area (Å²) in [5.74, 6) is -1.03. The molecule has 2 aromatic carbocycles. The second-order valence-electron chi connectivity index (χ2n) is 4.43. The van der Waals surface area contributed by atoms with Crippen LogP contribution in [0.2, 0.25) is 0 Å². The number of carbonyl (C=O) groups is 2. The molecule has 0 saturated heterocycles. The lowest BCUT2D eigenvalue weighted by molar-refractivity contribution is -0.111. The van der Waals surface area contributed by atoms with Crippen molar-refractivity contribution < 1.29 is 9.59 Å². The Bertz CT molecular complexity index is 788. The van der Waals surface area contributed by atoms with Crippen LogP contribution in [0.5, 0.6) is 0 Å². The number of nitrogens with two attached hydrogens (primary N) is 1. The van der Waals surface area contributed by atoms with Gasteiger partial charge >= 0.3 is 0 Å². The predicted molar refractivity (Wildman–Crippen MR) is 83.8 cm³/mol. The normalized spacial score (nSPS) is 10.1. The Morgan fingerprint density at radius 1 is 1.09 bits per heavy atom. The maximum absolute atomic E-state index is 11.9. The molecule has 0 bridgehead atoms. The van der Waals surface area contributed by atoms with Gasteiger partial charge < -0.3 is 11.1 Å². The smallest absolute Gasteiger partial charge is 0.250 e. The van der Waals surface area contributed by atoms with E-state index in [-0.39, 0.29) is 5.56 Å². The average Bonchev–Trinajstić information content (AvgIpc) is 2.53. The van der Waals surface area contributed by atoms with Crippen LogP contribution in [0.25, 0.3) is 6.08 Å². The van der Waals surface area contributed by atoms with Crippen molar-refractivity contribution in [2.75, 3.05) is 5.32 Å². The monoisotopic (exact) mass is 291 g/mol. The van der Waals surface area contributed by atoms with Crippen LogP contribution in [-0.2, 0) is 4.79 Å². The number of nitriles is 1. The molecule has 0 aliphatic rings.